The molecule has 0 saturated heterocycles. The van der Waals surface area contributed by atoms with E-state index in [1.807, 2.05) is 0 Å². The summed E-state index contributed by atoms with van der Waals surface area (Å²) < 4.78 is 0. The van der Waals surface area contributed by atoms with E-state index in [1.165, 1.54) is 24.0 Å². The van der Waals surface area contributed by atoms with Crippen molar-refractivity contribution < 1.29 is 5.11 Å². The lowest BCUT2D eigenvalue weighted by molar-refractivity contribution is 0.265. The molecule has 1 aliphatic carbocycles. The Hall–Kier alpha value is -0.860. The molecule has 1 saturated carbocycles. The summed E-state index contributed by atoms with van der Waals surface area (Å²) in [6.45, 7) is 2.34. The smallest absolute Gasteiger partial charge is 0.0449 e. The van der Waals surface area contributed by atoms with E-state index in [1.54, 1.807) is 0 Å². The van der Waals surface area contributed by atoms with Crippen LogP contribution in [0.1, 0.15) is 36.4 Å². The van der Waals surface area contributed by atoms with Gasteiger partial charge in [0.2, 0.25) is 0 Å². The van der Waals surface area contributed by atoms with Gasteiger partial charge in [0.25, 0.3) is 0 Å². The fraction of sp³-hybridized carbons (Fsp3) is 0.538. The van der Waals surface area contributed by atoms with Crippen LogP contribution in [0.15, 0.2) is 24.3 Å². The van der Waals surface area contributed by atoms with Crippen molar-refractivity contribution in [2.24, 2.45) is 0 Å². The van der Waals surface area contributed by atoms with Crippen molar-refractivity contribution in [2.45, 2.75) is 38.3 Å². The third-order valence-corrected chi connectivity index (χ3v) is 2.91. The summed E-state index contributed by atoms with van der Waals surface area (Å²) >= 11 is 0. The number of benzene rings is 1. The lowest BCUT2D eigenvalue weighted by Crippen LogP contribution is -2.24. The lowest BCUT2D eigenvalue weighted by atomic mass is 10.0. The minimum absolute atomic E-state index is 0.248. The number of aliphatic hydroxyl groups is 1. The van der Waals surface area contributed by atoms with E-state index in [9.17, 15) is 0 Å². The minimum Gasteiger partial charge on any atom is -0.396 e. The molecule has 0 aliphatic heterocycles. The molecule has 82 valence electrons. The van der Waals surface area contributed by atoms with Gasteiger partial charge in [0, 0.05) is 18.7 Å². The highest BCUT2D eigenvalue weighted by molar-refractivity contribution is 5.24. The largest absolute Gasteiger partial charge is 0.396 e. The van der Waals surface area contributed by atoms with Gasteiger partial charge in [-0.15, -0.1) is 0 Å². The quantitative estimate of drug-likeness (QED) is 0.772. The maximum absolute atomic E-state index is 9.05. The van der Waals surface area contributed by atoms with Gasteiger partial charge >= 0.3 is 0 Å². The molecular weight excluding hydrogens is 186 g/mol. The number of hydrogen-bond donors (Lipinski definition) is 2. The van der Waals surface area contributed by atoms with Gasteiger partial charge in [0.1, 0.15) is 0 Å². The molecule has 1 aliphatic rings. The number of hydrogen-bond acceptors (Lipinski definition) is 2. The predicted octanol–water partition coefficient (Wildman–Crippen LogP) is 2.17. The highest BCUT2D eigenvalue weighted by Crippen LogP contribution is 2.26. The maximum atomic E-state index is 9.05. The molecule has 0 bridgehead atoms. The van der Waals surface area contributed by atoms with Crippen LogP contribution < -0.4 is 5.32 Å². The Bertz CT molecular complexity index is 303. The first-order valence-corrected chi connectivity index (χ1v) is 5.73. The van der Waals surface area contributed by atoms with Gasteiger partial charge in [-0.25, -0.2) is 0 Å². The number of aryl methyl sites for hydroxylation is 1. The van der Waals surface area contributed by atoms with Crippen LogP contribution in [0.2, 0.25) is 0 Å². The summed E-state index contributed by atoms with van der Waals surface area (Å²) in [5, 5.41) is 12.6. The number of aliphatic hydroxyl groups excluding tert-OH is 1. The first-order valence-electron chi connectivity index (χ1n) is 5.73. The van der Waals surface area contributed by atoms with Crippen molar-refractivity contribution in [1.82, 2.24) is 5.32 Å². The number of nitrogens with one attached hydrogen (secondary N) is 1. The van der Waals surface area contributed by atoms with Gasteiger partial charge in [-0.3, -0.25) is 0 Å². The first kappa shape index (κ1) is 10.7. The van der Waals surface area contributed by atoms with E-state index in [4.69, 9.17) is 5.11 Å². The Morgan fingerprint density at radius 1 is 1.33 bits per heavy atom. The Morgan fingerprint density at radius 3 is 2.53 bits per heavy atom. The third-order valence-electron chi connectivity index (χ3n) is 2.91. The van der Waals surface area contributed by atoms with Gasteiger partial charge < -0.3 is 10.4 Å². The molecule has 1 unspecified atom stereocenters. The van der Waals surface area contributed by atoms with E-state index < -0.39 is 0 Å². The van der Waals surface area contributed by atoms with Crippen molar-refractivity contribution in [3.63, 3.8) is 0 Å². The zero-order chi connectivity index (χ0) is 10.7. The molecule has 2 heteroatoms. The summed E-state index contributed by atoms with van der Waals surface area (Å²) in [5.74, 6) is 0. The fourth-order valence-corrected chi connectivity index (χ4v) is 1.81. The van der Waals surface area contributed by atoms with Crippen molar-refractivity contribution in [3.05, 3.63) is 35.4 Å². The maximum Gasteiger partial charge on any atom is 0.0449 e. The molecule has 1 fully saturated rings. The van der Waals surface area contributed by atoms with E-state index >= 15 is 0 Å². The van der Waals surface area contributed by atoms with Gasteiger partial charge in [0.05, 0.1) is 0 Å². The van der Waals surface area contributed by atoms with Crippen LogP contribution in [0, 0.1) is 6.92 Å². The molecule has 2 N–H and O–H groups in total. The molecule has 1 aromatic carbocycles. The highest BCUT2D eigenvalue weighted by Gasteiger charge is 2.24. The average molecular weight is 205 g/mol. The lowest BCUT2D eigenvalue weighted by Gasteiger charge is -2.18. The van der Waals surface area contributed by atoms with Gasteiger partial charge in [0.15, 0.2) is 0 Å². The van der Waals surface area contributed by atoms with Gasteiger partial charge in [-0.1, -0.05) is 29.8 Å². The standard InChI is InChI=1S/C13H19NO/c1-10-2-4-11(5-3-10)13(8-9-15)14-12-6-7-12/h2-5,12-15H,6-9H2,1H3. The van der Waals surface area contributed by atoms with E-state index in [-0.39, 0.29) is 6.61 Å². The summed E-state index contributed by atoms with van der Waals surface area (Å²) in [6, 6.07) is 9.59. The minimum atomic E-state index is 0.248. The van der Waals surface area contributed by atoms with Crippen LogP contribution in [-0.2, 0) is 0 Å². The third kappa shape index (κ3) is 3.05. The Labute approximate surface area is 91.3 Å². The summed E-state index contributed by atoms with van der Waals surface area (Å²) in [5.41, 5.74) is 2.58. The van der Waals surface area contributed by atoms with Crippen LogP contribution in [-0.4, -0.2) is 17.8 Å². The average Bonchev–Trinajstić information content (AvgIpc) is 3.02. The second-order valence-electron chi connectivity index (χ2n) is 4.42. The molecule has 0 heterocycles. The first-order chi connectivity index (χ1) is 7.29. The second-order valence-corrected chi connectivity index (χ2v) is 4.42. The Kier molecular flexibility index (Phi) is 3.39. The van der Waals surface area contributed by atoms with Crippen LogP contribution >= 0.6 is 0 Å². The van der Waals surface area contributed by atoms with Crippen molar-refractivity contribution >= 4 is 0 Å². The molecule has 1 aromatic rings. The molecule has 2 nitrogen and oxygen atoms in total. The zero-order valence-electron chi connectivity index (χ0n) is 9.24. The number of rotatable bonds is 5. The molecule has 0 spiro atoms. The topological polar surface area (TPSA) is 32.3 Å². The SMILES string of the molecule is Cc1ccc(C(CCO)NC2CC2)cc1. The highest BCUT2D eigenvalue weighted by atomic mass is 16.3. The van der Waals surface area contributed by atoms with Crippen LogP contribution in [0.5, 0.6) is 0 Å². The summed E-state index contributed by atoms with van der Waals surface area (Å²) in [6.07, 6.45) is 3.38. The zero-order valence-corrected chi connectivity index (χ0v) is 9.24. The van der Waals surface area contributed by atoms with Gasteiger partial charge in [-0.2, -0.15) is 0 Å². The Balaban J connectivity index is 2.04. The van der Waals surface area contributed by atoms with E-state index in [2.05, 4.69) is 36.5 Å². The second kappa shape index (κ2) is 4.77. The Morgan fingerprint density at radius 2 is 2.00 bits per heavy atom. The van der Waals surface area contributed by atoms with Crippen molar-refractivity contribution in [2.75, 3.05) is 6.61 Å². The van der Waals surface area contributed by atoms with Crippen molar-refractivity contribution in [1.29, 1.82) is 0 Å². The van der Waals surface area contributed by atoms with E-state index in [0.717, 1.165) is 6.42 Å². The van der Waals surface area contributed by atoms with Crippen LogP contribution in [0.3, 0.4) is 0 Å². The molecule has 1 atom stereocenters. The molecular formula is C13H19NO. The van der Waals surface area contributed by atoms with Gasteiger partial charge in [-0.05, 0) is 31.7 Å². The molecule has 15 heavy (non-hydrogen) atoms. The fourth-order valence-electron chi connectivity index (χ4n) is 1.81. The molecule has 2 rings (SSSR count). The molecule has 0 aromatic heterocycles. The predicted molar refractivity (Wildman–Crippen MR) is 61.8 cm³/mol. The summed E-state index contributed by atoms with van der Waals surface area (Å²) in [4.78, 5) is 0. The monoisotopic (exact) mass is 205 g/mol. The van der Waals surface area contributed by atoms with E-state index in [0.29, 0.717) is 12.1 Å². The summed E-state index contributed by atoms with van der Waals surface area (Å²) in [7, 11) is 0. The molecule has 0 radical (unpaired) electrons. The molecule has 0 amide bonds. The van der Waals surface area contributed by atoms with Crippen molar-refractivity contribution in [3.8, 4) is 0 Å². The van der Waals surface area contributed by atoms with Crippen LogP contribution in [0.25, 0.3) is 0 Å². The normalized spacial score (nSPS) is 17.7. The van der Waals surface area contributed by atoms with Crippen LogP contribution in [0.4, 0.5) is 0 Å².